The molecule has 1 unspecified atom stereocenters. The van der Waals surface area contributed by atoms with Gasteiger partial charge in [0, 0.05) is 60.1 Å². The van der Waals surface area contributed by atoms with Crippen LogP contribution in [0.25, 0.3) is 22.0 Å². The molecule has 1 aliphatic heterocycles. The molecule has 0 amide bonds. The SMILES string of the molecule is [NH]c1ncc(-c2c[nH]c3ccccc23)cc1C(=O)c1cccc(N2CCNC(c3ccccc3)C2)n1. The van der Waals surface area contributed by atoms with Gasteiger partial charge in [-0.25, -0.2) is 9.97 Å². The molecule has 7 nitrogen and oxygen atoms in total. The highest BCUT2D eigenvalue weighted by atomic mass is 16.1. The number of nitrogens with one attached hydrogen (secondary N) is 3. The summed E-state index contributed by atoms with van der Waals surface area (Å²) in [5.41, 5.74) is 12.8. The Balaban J connectivity index is 1.29. The van der Waals surface area contributed by atoms with Gasteiger partial charge in [-0.2, -0.15) is 0 Å². The highest BCUT2D eigenvalue weighted by molar-refractivity contribution is 6.11. The lowest BCUT2D eigenvalue weighted by atomic mass is 10.0. The summed E-state index contributed by atoms with van der Waals surface area (Å²) in [6, 6.07) is 25.8. The Hall–Kier alpha value is -4.49. The van der Waals surface area contributed by atoms with Gasteiger partial charge in [-0.3, -0.25) is 10.5 Å². The average Bonchev–Trinajstić information content (AvgIpc) is 3.38. The third kappa shape index (κ3) is 4.10. The van der Waals surface area contributed by atoms with E-state index in [4.69, 9.17) is 10.7 Å². The number of carbonyl (C=O) groups is 1. The van der Waals surface area contributed by atoms with Gasteiger partial charge in [0.15, 0.2) is 5.82 Å². The van der Waals surface area contributed by atoms with Gasteiger partial charge in [0.2, 0.25) is 5.78 Å². The second-order valence-corrected chi connectivity index (χ2v) is 8.94. The Morgan fingerprint density at radius 2 is 1.83 bits per heavy atom. The number of pyridine rings is 2. The summed E-state index contributed by atoms with van der Waals surface area (Å²) in [6.07, 6.45) is 3.55. The number of carbonyl (C=O) groups excluding carboxylic acids is 1. The number of rotatable bonds is 5. The smallest absolute Gasteiger partial charge is 0.215 e. The summed E-state index contributed by atoms with van der Waals surface area (Å²) in [7, 11) is 0. The first-order valence-corrected chi connectivity index (χ1v) is 12.0. The third-order valence-corrected chi connectivity index (χ3v) is 6.70. The molecule has 1 atom stereocenters. The van der Waals surface area contributed by atoms with E-state index in [1.807, 2.05) is 60.8 Å². The second kappa shape index (κ2) is 9.28. The van der Waals surface area contributed by atoms with Crippen LogP contribution in [0, 0.1) is 0 Å². The molecular weight excluding hydrogens is 448 g/mol. The number of hydrogen-bond donors (Lipinski definition) is 2. The third-order valence-electron chi connectivity index (χ3n) is 6.70. The molecule has 0 saturated carbocycles. The number of piperazine rings is 1. The molecule has 0 bridgehead atoms. The first kappa shape index (κ1) is 22.0. The fourth-order valence-electron chi connectivity index (χ4n) is 4.83. The van der Waals surface area contributed by atoms with Gasteiger partial charge in [0.25, 0.3) is 0 Å². The highest BCUT2D eigenvalue weighted by Gasteiger charge is 2.23. The van der Waals surface area contributed by atoms with Crippen molar-refractivity contribution in [1.29, 1.82) is 0 Å². The van der Waals surface area contributed by atoms with Crippen molar-refractivity contribution >= 4 is 28.3 Å². The molecule has 1 saturated heterocycles. The van der Waals surface area contributed by atoms with Crippen LogP contribution in [0.2, 0.25) is 0 Å². The molecule has 7 heteroatoms. The molecule has 3 N–H and O–H groups in total. The lowest BCUT2D eigenvalue weighted by molar-refractivity contribution is 0.103. The van der Waals surface area contributed by atoms with Crippen LogP contribution in [-0.2, 0) is 0 Å². The van der Waals surface area contributed by atoms with Crippen LogP contribution >= 0.6 is 0 Å². The molecule has 6 rings (SSSR count). The number of fused-ring (bicyclic) bond motifs is 1. The zero-order valence-electron chi connectivity index (χ0n) is 19.6. The minimum absolute atomic E-state index is 0.0536. The van der Waals surface area contributed by atoms with Gasteiger partial charge in [-0.05, 0) is 29.8 Å². The quantitative estimate of drug-likeness (QED) is 0.353. The van der Waals surface area contributed by atoms with Crippen LogP contribution in [0.15, 0.2) is 91.3 Å². The fraction of sp³-hybridized carbons (Fsp3) is 0.138. The van der Waals surface area contributed by atoms with Gasteiger partial charge < -0.3 is 15.2 Å². The Morgan fingerprint density at radius 1 is 1.00 bits per heavy atom. The molecule has 4 heterocycles. The van der Waals surface area contributed by atoms with E-state index in [1.165, 1.54) is 5.56 Å². The van der Waals surface area contributed by atoms with E-state index >= 15 is 0 Å². The minimum atomic E-state index is -0.300. The summed E-state index contributed by atoms with van der Waals surface area (Å²) in [6.45, 7) is 2.39. The molecule has 5 aromatic rings. The number of para-hydroxylation sites is 1. The molecule has 2 aromatic carbocycles. The van der Waals surface area contributed by atoms with Crippen molar-refractivity contribution in [3.63, 3.8) is 0 Å². The molecule has 36 heavy (non-hydrogen) atoms. The number of H-pyrrole nitrogens is 1. The number of ketones is 1. The average molecular weight is 474 g/mol. The number of anilines is 1. The van der Waals surface area contributed by atoms with Gasteiger partial charge >= 0.3 is 0 Å². The van der Waals surface area contributed by atoms with Crippen LogP contribution in [0.3, 0.4) is 0 Å². The normalized spacial score (nSPS) is 15.8. The number of hydrogen-bond acceptors (Lipinski definition) is 5. The lowest BCUT2D eigenvalue weighted by Gasteiger charge is -2.35. The maximum atomic E-state index is 13.5. The fourth-order valence-corrected chi connectivity index (χ4v) is 4.83. The highest BCUT2D eigenvalue weighted by Crippen LogP contribution is 2.30. The van der Waals surface area contributed by atoms with E-state index in [0.29, 0.717) is 5.69 Å². The van der Waals surface area contributed by atoms with Crippen molar-refractivity contribution in [3.8, 4) is 11.1 Å². The van der Waals surface area contributed by atoms with Gasteiger partial charge in [-0.1, -0.05) is 54.6 Å². The second-order valence-electron chi connectivity index (χ2n) is 8.94. The van der Waals surface area contributed by atoms with Crippen LogP contribution in [0.1, 0.15) is 27.7 Å². The van der Waals surface area contributed by atoms with Gasteiger partial charge in [-0.15, -0.1) is 0 Å². The summed E-state index contributed by atoms with van der Waals surface area (Å²) in [5, 5.41) is 4.61. The first-order valence-electron chi connectivity index (χ1n) is 12.0. The molecule has 1 aliphatic rings. The minimum Gasteiger partial charge on any atom is -0.361 e. The van der Waals surface area contributed by atoms with Gasteiger partial charge in [0.05, 0.1) is 5.56 Å². The van der Waals surface area contributed by atoms with Crippen LogP contribution in [0.4, 0.5) is 11.6 Å². The molecule has 1 radical (unpaired) electrons. The Kier molecular flexibility index (Phi) is 5.67. The number of aromatic amines is 1. The molecule has 0 aliphatic carbocycles. The van der Waals surface area contributed by atoms with E-state index in [0.717, 1.165) is 47.5 Å². The largest absolute Gasteiger partial charge is 0.361 e. The zero-order valence-corrected chi connectivity index (χ0v) is 19.6. The Labute approximate surface area is 209 Å². The van der Waals surface area contributed by atoms with Crippen molar-refractivity contribution in [2.45, 2.75) is 6.04 Å². The molecule has 177 valence electrons. The number of aromatic nitrogens is 3. The van der Waals surface area contributed by atoms with Crippen molar-refractivity contribution in [1.82, 2.24) is 26.0 Å². The maximum Gasteiger partial charge on any atom is 0.215 e. The Bertz CT molecular complexity index is 1540. The van der Waals surface area contributed by atoms with Crippen LogP contribution < -0.4 is 16.0 Å². The summed E-state index contributed by atoms with van der Waals surface area (Å²) < 4.78 is 0. The van der Waals surface area contributed by atoms with Crippen molar-refractivity contribution in [2.24, 2.45) is 0 Å². The molecule has 3 aromatic heterocycles. The van der Waals surface area contributed by atoms with Crippen LogP contribution in [0.5, 0.6) is 0 Å². The monoisotopic (exact) mass is 473 g/mol. The summed E-state index contributed by atoms with van der Waals surface area (Å²) >= 11 is 0. The van der Waals surface area contributed by atoms with E-state index < -0.39 is 0 Å². The predicted octanol–water partition coefficient (Wildman–Crippen LogP) is 4.92. The molecule has 0 spiro atoms. The maximum absolute atomic E-state index is 13.5. The van der Waals surface area contributed by atoms with E-state index in [1.54, 1.807) is 18.3 Å². The van der Waals surface area contributed by atoms with Crippen molar-refractivity contribution in [2.75, 3.05) is 24.5 Å². The standard InChI is InChI=1S/C29H25N6O/c30-29-22(15-20(16-33-29)23-17-32-24-10-5-4-9-21(23)24)28(36)25-11-6-12-27(34-25)35-14-13-31-26(18-35)19-7-2-1-3-8-19/h1-12,15-17,26,30-32H,13-14,18H2. The molecule has 1 fully saturated rings. The zero-order chi connectivity index (χ0) is 24.5. The van der Waals surface area contributed by atoms with Gasteiger partial charge in [0.1, 0.15) is 11.5 Å². The van der Waals surface area contributed by atoms with E-state index in [9.17, 15) is 4.79 Å². The van der Waals surface area contributed by atoms with Crippen LogP contribution in [-0.4, -0.2) is 40.4 Å². The summed E-state index contributed by atoms with van der Waals surface area (Å²) in [5.74, 6) is 0.406. The number of benzene rings is 2. The Morgan fingerprint density at radius 3 is 2.72 bits per heavy atom. The topological polar surface area (TPSA) is 97.7 Å². The summed E-state index contributed by atoms with van der Waals surface area (Å²) in [4.78, 5) is 27.9. The lowest BCUT2D eigenvalue weighted by Crippen LogP contribution is -2.46. The van der Waals surface area contributed by atoms with Crippen molar-refractivity contribution < 1.29 is 4.79 Å². The van der Waals surface area contributed by atoms with E-state index in [2.05, 4.69) is 32.3 Å². The predicted molar refractivity (Wildman–Crippen MR) is 141 cm³/mol. The molecular formula is C29H25N6O. The number of nitrogens with zero attached hydrogens (tertiary/aromatic N) is 3. The van der Waals surface area contributed by atoms with E-state index in [-0.39, 0.29) is 23.2 Å². The van der Waals surface area contributed by atoms with Crippen molar-refractivity contribution in [3.05, 3.63) is 108 Å². The first-order chi connectivity index (χ1) is 17.7.